The van der Waals surface area contributed by atoms with Crippen molar-refractivity contribution in [3.05, 3.63) is 52.4 Å². The third-order valence-corrected chi connectivity index (χ3v) is 8.69. The summed E-state index contributed by atoms with van der Waals surface area (Å²) in [7, 11) is -3.53. The molecule has 1 saturated heterocycles. The van der Waals surface area contributed by atoms with Crippen LogP contribution in [0.25, 0.3) is 0 Å². The monoisotopic (exact) mass is 469 g/mol. The van der Waals surface area contributed by atoms with Crippen molar-refractivity contribution in [3.8, 4) is 0 Å². The number of benzene rings is 1. The Labute approximate surface area is 185 Å². The topological polar surface area (TPSA) is 95.6 Å². The van der Waals surface area contributed by atoms with Crippen LogP contribution in [-0.2, 0) is 26.2 Å². The second-order valence-corrected chi connectivity index (χ2v) is 10.5. The molecule has 10 heteroatoms. The van der Waals surface area contributed by atoms with Crippen LogP contribution in [-0.4, -0.2) is 43.7 Å². The van der Waals surface area contributed by atoms with E-state index in [0.717, 1.165) is 24.8 Å². The number of carbonyl (C=O) groups excluding carboxylic acids is 2. The Hall–Kier alpha value is -1.94. The van der Waals surface area contributed by atoms with E-state index in [-0.39, 0.29) is 19.1 Å². The minimum absolute atomic E-state index is 0.154. The first kappa shape index (κ1) is 22.7. The lowest BCUT2D eigenvalue weighted by atomic mass is 10.0. The van der Waals surface area contributed by atoms with E-state index < -0.39 is 21.8 Å². The Morgan fingerprint density at radius 1 is 1.10 bits per heavy atom. The molecule has 1 aromatic heterocycles. The van der Waals surface area contributed by atoms with Gasteiger partial charge in [-0.05, 0) is 42.3 Å². The summed E-state index contributed by atoms with van der Waals surface area (Å²) in [5, 5.41) is 7.38. The van der Waals surface area contributed by atoms with Gasteiger partial charge in [-0.15, -0.1) is 11.3 Å². The van der Waals surface area contributed by atoms with Crippen molar-refractivity contribution < 1.29 is 18.0 Å². The molecule has 0 saturated carbocycles. The Kier molecular flexibility index (Phi) is 7.87. The fraction of sp³-hybridized carbons (Fsp3) is 0.400. The largest absolute Gasteiger partial charge is 0.348 e. The lowest BCUT2D eigenvalue weighted by Crippen LogP contribution is -2.46. The second-order valence-electron chi connectivity index (χ2n) is 7.02. The molecule has 1 fully saturated rings. The molecule has 2 amide bonds. The number of hydrogen-bond donors (Lipinski definition) is 2. The Morgan fingerprint density at radius 2 is 1.87 bits per heavy atom. The van der Waals surface area contributed by atoms with Crippen molar-refractivity contribution in [2.75, 3.05) is 13.1 Å². The van der Waals surface area contributed by atoms with Crippen molar-refractivity contribution in [2.24, 2.45) is 0 Å². The van der Waals surface area contributed by atoms with Crippen LogP contribution in [0.3, 0.4) is 0 Å². The van der Waals surface area contributed by atoms with Crippen molar-refractivity contribution in [3.63, 3.8) is 0 Å². The zero-order valence-electron chi connectivity index (χ0n) is 16.3. The van der Waals surface area contributed by atoms with E-state index in [2.05, 4.69) is 10.6 Å². The fourth-order valence-electron chi connectivity index (χ4n) is 3.43. The molecule has 1 unspecified atom stereocenters. The van der Waals surface area contributed by atoms with Gasteiger partial charge in [0.2, 0.25) is 0 Å². The molecule has 1 aliphatic rings. The van der Waals surface area contributed by atoms with Gasteiger partial charge in [-0.1, -0.05) is 42.3 Å². The van der Waals surface area contributed by atoms with Crippen LogP contribution in [0.2, 0.25) is 5.02 Å². The van der Waals surface area contributed by atoms with Crippen molar-refractivity contribution in [1.29, 1.82) is 0 Å². The molecule has 162 valence electrons. The van der Waals surface area contributed by atoms with Gasteiger partial charge < -0.3 is 10.6 Å². The molecule has 1 aromatic carbocycles. The van der Waals surface area contributed by atoms with Crippen LogP contribution in [0.1, 0.15) is 31.2 Å². The van der Waals surface area contributed by atoms with E-state index in [4.69, 9.17) is 11.6 Å². The summed E-state index contributed by atoms with van der Waals surface area (Å²) in [5.41, 5.74) is 0.719. The lowest BCUT2D eigenvalue weighted by Gasteiger charge is -2.34. The van der Waals surface area contributed by atoms with E-state index >= 15 is 0 Å². The highest BCUT2D eigenvalue weighted by molar-refractivity contribution is 7.91. The van der Waals surface area contributed by atoms with Crippen LogP contribution in [0.15, 0.2) is 46.0 Å². The average molecular weight is 470 g/mol. The lowest BCUT2D eigenvalue weighted by molar-refractivity contribution is -0.139. The van der Waals surface area contributed by atoms with Crippen LogP contribution >= 0.6 is 22.9 Å². The van der Waals surface area contributed by atoms with E-state index in [1.54, 1.807) is 41.8 Å². The Morgan fingerprint density at radius 3 is 2.60 bits per heavy atom. The SMILES string of the molecule is O=C(NCCC1CCCCN1S(=O)(=O)c1cccs1)C(=O)NCc1ccccc1Cl. The van der Waals surface area contributed by atoms with Crippen LogP contribution in [0, 0.1) is 0 Å². The fourth-order valence-corrected chi connectivity index (χ4v) is 6.48. The van der Waals surface area contributed by atoms with Gasteiger partial charge in [0.1, 0.15) is 4.21 Å². The van der Waals surface area contributed by atoms with Gasteiger partial charge in [0, 0.05) is 30.7 Å². The number of rotatable bonds is 7. The van der Waals surface area contributed by atoms with Gasteiger partial charge in [-0.25, -0.2) is 8.42 Å². The van der Waals surface area contributed by atoms with Gasteiger partial charge >= 0.3 is 11.8 Å². The van der Waals surface area contributed by atoms with Crippen molar-refractivity contribution in [2.45, 2.75) is 42.5 Å². The summed E-state index contributed by atoms with van der Waals surface area (Å²) in [6.45, 7) is 0.845. The number of hydrogen-bond acceptors (Lipinski definition) is 5. The second kappa shape index (κ2) is 10.4. The number of thiophene rings is 1. The third kappa shape index (κ3) is 5.60. The molecule has 0 aliphatic carbocycles. The maximum atomic E-state index is 12.9. The van der Waals surface area contributed by atoms with Crippen molar-refractivity contribution in [1.82, 2.24) is 14.9 Å². The summed E-state index contributed by atoms with van der Waals surface area (Å²) >= 11 is 7.24. The van der Waals surface area contributed by atoms with E-state index in [1.165, 1.54) is 15.6 Å². The Balaban J connectivity index is 1.50. The Bertz CT molecular complexity index is 980. The van der Waals surface area contributed by atoms with Gasteiger partial charge in [0.15, 0.2) is 0 Å². The molecule has 2 heterocycles. The first-order chi connectivity index (χ1) is 14.4. The summed E-state index contributed by atoms with van der Waals surface area (Å²) in [4.78, 5) is 24.1. The van der Waals surface area contributed by atoms with E-state index in [1.807, 2.05) is 0 Å². The summed E-state index contributed by atoms with van der Waals surface area (Å²) in [6.07, 6.45) is 2.94. The number of sulfonamides is 1. The molecule has 7 nitrogen and oxygen atoms in total. The normalized spacial score (nSPS) is 17.4. The molecule has 30 heavy (non-hydrogen) atoms. The molecule has 1 atom stereocenters. The van der Waals surface area contributed by atoms with Gasteiger partial charge in [-0.2, -0.15) is 4.31 Å². The number of nitrogens with zero attached hydrogens (tertiary/aromatic N) is 1. The van der Waals surface area contributed by atoms with Crippen LogP contribution < -0.4 is 10.6 Å². The number of halogens is 1. The average Bonchev–Trinajstić information content (AvgIpc) is 3.29. The van der Waals surface area contributed by atoms with Gasteiger partial charge in [-0.3, -0.25) is 9.59 Å². The van der Waals surface area contributed by atoms with Crippen molar-refractivity contribution >= 4 is 44.8 Å². The molecule has 2 N–H and O–H groups in total. The van der Waals surface area contributed by atoms with Crippen LogP contribution in [0.5, 0.6) is 0 Å². The van der Waals surface area contributed by atoms with Gasteiger partial charge in [0.25, 0.3) is 10.0 Å². The maximum absolute atomic E-state index is 12.9. The first-order valence-corrected chi connectivity index (χ1v) is 12.4. The highest BCUT2D eigenvalue weighted by Gasteiger charge is 2.33. The smallest absolute Gasteiger partial charge is 0.309 e. The minimum Gasteiger partial charge on any atom is -0.348 e. The predicted octanol–water partition coefficient (Wildman–Crippen LogP) is 2.77. The number of amides is 2. The standard InChI is InChI=1S/C20H24ClN3O4S2/c21-17-8-2-1-6-15(17)14-23-20(26)19(25)22-11-10-16-7-3-4-12-24(16)30(27,28)18-9-5-13-29-18/h1-2,5-6,8-9,13,16H,3-4,7,10-12,14H2,(H,22,25)(H,23,26). The third-order valence-electron chi connectivity index (χ3n) is 5.00. The number of piperidine rings is 1. The quantitative estimate of drug-likeness (QED) is 0.609. The molecule has 2 aromatic rings. The predicted molar refractivity (Wildman–Crippen MR) is 117 cm³/mol. The minimum atomic E-state index is -3.53. The molecular formula is C20H24ClN3O4S2. The van der Waals surface area contributed by atoms with Gasteiger partial charge in [0.05, 0.1) is 0 Å². The molecular weight excluding hydrogens is 446 g/mol. The van der Waals surface area contributed by atoms with E-state index in [9.17, 15) is 18.0 Å². The number of carbonyl (C=O) groups is 2. The maximum Gasteiger partial charge on any atom is 0.309 e. The highest BCUT2D eigenvalue weighted by Crippen LogP contribution is 2.29. The zero-order chi connectivity index (χ0) is 21.6. The first-order valence-electron chi connectivity index (χ1n) is 9.74. The van der Waals surface area contributed by atoms with E-state index in [0.29, 0.717) is 22.2 Å². The summed E-state index contributed by atoms with van der Waals surface area (Å²) in [6, 6.07) is 10.2. The highest BCUT2D eigenvalue weighted by atomic mass is 35.5. The molecule has 0 bridgehead atoms. The summed E-state index contributed by atoms with van der Waals surface area (Å²) in [5.74, 6) is -1.49. The zero-order valence-corrected chi connectivity index (χ0v) is 18.7. The molecule has 1 aliphatic heterocycles. The molecule has 3 rings (SSSR count). The number of nitrogens with one attached hydrogen (secondary N) is 2. The summed E-state index contributed by atoms with van der Waals surface area (Å²) < 4.78 is 27.6. The van der Waals surface area contributed by atoms with Crippen LogP contribution in [0.4, 0.5) is 0 Å². The molecule has 0 radical (unpaired) electrons. The molecule has 0 spiro atoms.